The van der Waals surface area contributed by atoms with E-state index in [9.17, 15) is 19.5 Å². The summed E-state index contributed by atoms with van der Waals surface area (Å²) >= 11 is 1.22. The van der Waals surface area contributed by atoms with E-state index in [4.69, 9.17) is 14.2 Å². The summed E-state index contributed by atoms with van der Waals surface area (Å²) in [7, 11) is 2.91. The van der Waals surface area contributed by atoms with E-state index in [2.05, 4.69) is 20.9 Å². The van der Waals surface area contributed by atoms with Gasteiger partial charge in [0, 0.05) is 25.7 Å². The summed E-state index contributed by atoms with van der Waals surface area (Å²) in [6.45, 7) is 4.04. The van der Waals surface area contributed by atoms with Gasteiger partial charge in [0.05, 0.1) is 37.1 Å². The van der Waals surface area contributed by atoms with Gasteiger partial charge in [-0.15, -0.1) is 11.3 Å². The summed E-state index contributed by atoms with van der Waals surface area (Å²) < 4.78 is 16.6. The van der Waals surface area contributed by atoms with Crippen LogP contribution in [0.4, 0.5) is 0 Å². The number of aliphatic hydroxyl groups excluding tert-OH is 1. The molecule has 4 N–H and O–H groups in total. The lowest BCUT2D eigenvalue weighted by Gasteiger charge is -2.47. The number of hydrogen-bond donors (Lipinski definition) is 4. The minimum atomic E-state index is -1.06. The molecule has 0 spiro atoms. The Balaban J connectivity index is 1.62. The van der Waals surface area contributed by atoms with E-state index >= 15 is 0 Å². The fourth-order valence-electron chi connectivity index (χ4n) is 7.15. The first-order chi connectivity index (χ1) is 23.6. The van der Waals surface area contributed by atoms with Crippen molar-refractivity contribution >= 4 is 29.1 Å². The minimum absolute atomic E-state index is 0.0896. The SMILES string of the molecule is COC[C@H](NC(=O)c1cnc(C)s1)C(=O)N[C@@H](COC)C(=O)N[C@@H](Cc1ccccc1)C1(C(O)[C@@]2(C)CO2)CCCCCCCCCCC1. The molecule has 2 fully saturated rings. The van der Waals surface area contributed by atoms with Gasteiger partial charge < -0.3 is 35.3 Å². The Morgan fingerprint density at radius 3 is 1.92 bits per heavy atom. The van der Waals surface area contributed by atoms with Gasteiger partial charge in [-0.2, -0.15) is 0 Å². The van der Waals surface area contributed by atoms with Gasteiger partial charge in [-0.25, -0.2) is 4.98 Å². The number of carbonyl (C=O) groups excluding carboxylic acids is 3. The van der Waals surface area contributed by atoms with Crippen LogP contribution in [-0.2, 0) is 30.2 Å². The largest absolute Gasteiger partial charge is 0.389 e. The number of rotatable bonds is 15. The van der Waals surface area contributed by atoms with Crippen molar-refractivity contribution < 1.29 is 33.7 Å². The smallest absolute Gasteiger partial charge is 0.263 e. The summed E-state index contributed by atoms with van der Waals surface area (Å²) in [6, 6.07) is 7.44. The Morgan fingerprint density at radius 1 is 0.878 bits per heavy atom. The second-order valence-electron chi connectivity index (χ2n) is 13.9. The van der Waals surface area contributed by atoms with Crippen molar-refractivity contribution in [2.45, 2.75) is 121 Å². The highest BCUT2D eigenvalue weighted by Crippen LogP contribution is 2.48. The molecule has 1 aromatic carbocycles. The molecule has 49 heavy (non-hydrogen) atoms. The molecule has 1 unspecified atom stereocenters. The van der Waals surface area contributed by atoms with E-state index in [1.165, 1.54) is 51.0 Å². The van der Waals surface area contributed by atoms with Gasteiger partial charge in [0.2, 0.25) is 11.8 Å². The summed E-state index contributed by atoms with van der Waals surface area (Å²) in [5, 5.41) is 21.8. The number of amides is 3. The van der Waals surface area contributed by atoms with Crippen molar-refractivity contribution in [2.75, 3.05) is 34.0 Å². The van der Waals surface area contributed by atoms with Crippen molar-refractivity contribution in [3.8, 4) is 0 Å². The Hall–Kier alpha value is -2.90. The number of methoxy groups -OCH3 is 2. The first kappa shape index (κ1) is 38.9. The standard InChI is InChI=1S/C37H56N4O7S/c1-26-38-22-30(49-26)34(44)40-28(23-46-3)32(42)39-29(24-47-4)33(43)41-31(21-27-17-13-12-14-18-27)37(35(45)36(2)25-48-36)19-15-10-8-6-5-7-9-11-16-20-37/h12-14,17-18,22,28-29,31,35,45H,5-11,15-16,19-21,23-25H2,1-4H3,(H,39,42)(H,40,44)(H,41,43)/t28-,29-,31-,35?,36+/m0/s1. The molecular formula is C37H56N4O7S. The average Bonchev–Trinajstić information content (AvgIpc) is 3.69. The molecular weight excluding hydrogens is 644 g/mol. The molecule has 5 atom stereocenters. The molecule has 1 saturated carbocycles. The highest BCUT2D eigenvalue weighted by atomic mass is 32.1. The Bertz CT molecular complexity index is 1320. The van der Waals surface area contributed by atoms with Crippen LogP contribution in [0.3, 0.4) is 0 Å². The van der Waals surface area contributed by atoms with Crippen molar-refractivity contribution in [3.63, 3.8) is 0 Å². The lowest BCUT2D eigenvalue weighted by Crippen LogP contribution is -2.62. The van der Waals surface area contributed by atoms with Gasteiger partial charge in [0.1, 0.15) is 22.6 Å². The number of aryl methyl sites for hydroxylation is 1. The van der Waals surface area contributed by atoms with Crippen LogP contribution >= 0.6 is 11.3 Å². The molecule has 2 aliphatic rings. The van der Waals surface area contributed by atoms with Gasteiger partial charge >= 0.3 is 0 Å². The third-order valence-electron chi connectivity index (χ3n) is 10.1. The highest BCUT2D eigenvalue weighted by Gasteiger charge is 2.58. The van der Waals surface area contributed by atoms with Gasteiger partial charge in [-0.05, 0) is 38.7 Å². The van der Waals surface area contributed by atoms with Crippen LogP contribution in [-0.4, -0.2) is 91.7 Å². The molecule has 2 aromatic rings. The monoisotopic (exact) mass is 700 g/mol. The zero-order valence-corrected chi connectivity index (χ0v) is 30.4. The zero-order valence-electron chi connectivity index (χ0n) is 29.6. The molecule has 272 valence electrons. The van der Waals surface area contributed by atoms with E-state index in [-0.39, 0.29) is 13.2 Å². The second kappa shape index (κ2) is 18.9. The molecule has 11 nitrogen and oxygen atoms in total. The Morgan fingerprint density at radius 2 is 1.41 bits per heavy atom. The average molecular weight is 701 g/mol. The van der Waals surface area contributed by atoms with Crippen molar-refractivity contribution in [1.29, 1.82) is 0 Å². The molecule has 1 aliphatic heterocycles. The van der Waals surface area contributed by atoms with Crippen LogP contribution < -0.4 is 16.0 Å². The summed E-state index contributed by atoms with van der Waals surface area (Å²) in [5.41, 5.74) is -0.309. The molecule has 1 aromatic heterocycles. The number of nitrogens with one attached hydrogen (secondary N) is 3. The fraction of sp³-hybridized carbons (Fsp3) is 0.676. The number of carbonyl (C=O) groups is 3. The summed E-state index contributed by atoms with van der Waals surface area (Å²) in [5.74, 6) is -1.45. The maximum absolute atomic E-state index is 14.3. The Kier molecular flexibility index (Phi) is 15.0. The molecule has 0 bridgehead atoms. The fourth-order valence-corrected chi connectivity index (χ4v) is 7.83. The van der Waals surface area contributed by atoms with Crippen LogP contribution in [0, 0.1) is 12.3 Å². The molecule has 1 aliphatic carbocycles. The van der Waals surface area contributed by atoms with E-state index in [0.29, 0.717) is 17.9 Å². The first-order valence-electron chi connectivity index (χ1n) is 17.8. The molecule has 0 radical (unpaired) electrons. The van der Waals surface area contributed by atoms with E-state index in [1.807, 2.05) is 37.3 Å². The summed E-state index contributed by atoms with van der Waals surface area (Å²) in [6.07, 6.45) is 12.6. The quantitative estimate of drug-likeness (QED) is 0.199. The summed E-state index contributed by atoms with van der Waals surface area (Å²) in [4.78, 5) is 45.3. The number of benzene rings is 1. The Labute approximate surface area is 295 Å². The van der Waals surface area contributed by atoms with E-state index in [1.54, 1.807) is 6.92 Å². The van der Waals surface area contributed by atoms with Crippen molar-refractivity contribution in [1.82, 2.24) is 20.9 Å². The molecule has 2 heterocycles. The predicted octanol–water partition coefficient (Wildman–Crippen LogP) is 4.50. The third-order valence-corrected chi connectivity index (χ3v) is 11.0. The molecule has 1 saturated heterocycles. The zero-order chi connectivity index (χ0) is 35.3. The normalized spacial score (nSPS) is 22.3. The maximum atomic E-state index is 14.3. The van der Waals surface area contributed by atoms with Crippen molar-refractivity contribution in [2.24, 2.45) is 5.41 Å². The lowest BCUT2D eigenvalue weighted by atomic mass is 9.63. The second-order valence-corrected chi connectivity index (χ2v) is 15.1. The van der Waals surface area contributed by atoms with Gasteiger partial charge in [-0.3, -0.25) is 14.4 Å². The van der Waals surface area contributed by atoms with Crippen LogP contribution in [0.1, 0.15) is 97.8 Å². The number of epoxide rings is 1. The van der Waals surface area contributed by atoms with Crippen LogP contribution in [0.25, 0.3) is 0 Å². The number of thiazole rings is 1. The number of ether oxygens (including phenoxy) is 3. The van der Waals surface area contributed by atoms with Crippen molar-refractivity contribution in [3.05, 3.63) is 52.0 Å². The number of aromatic nitrogens is 1. The lowest BCUT2D eigenvalue weighted by molar-refractivity contribution is -0.134. The van der Waals surface area contributed by atoms with Gasteiger partial charge in [0.25, 0.3) is 5.91 Å². The number of aliphatic hydroxyl groups is 1. The van der Waals surface area contributed by atoms with Gasteiger partial charge in [-0.1, -0.05) is 88.1 Å². The molecule has 3 amide bonds. The van der Waals surface area contributed by atoms with E-state index < -0.39 is 53.0 Å². The van der Waals surface area contributed by atoms with Gasteiger partial charge in [0.15, 0.2) is 0 Å². The number of hydrogen-bond acceptors (Lipinski definition) is 9. The molecule has 12 heteroatoms. The van der Waals surface area contributed by atoms with E-state index in [0.717, 1.165) is 61.9 Å². The molecule has 4 rings (SSSR count). The maximum Gasteiger partial charge on any atom is 0.263 e. The van der Waals surface area contributed by atoms with Crippen LogP contribution in [0.15, 0.2) is 36.5 Å². The van der Waals surface area contributed by atoms with Crippen LogP contribution in [0.5, 0.6) is 0 Å². The first-order valence-corrected chi connectivity index (χ1v) is 18.6. The van der Waals surface area contributed by atoms with Crippen LogP contribution in [0.2, 0.25) is 0 Å². The number of nitrogens with zero attached hydrogens (tertiary/aromatic N) is 1. The topological polar surface area (TPSA) is 151 Å². The third kappa shape index (κ3) is 11.0. The highest BCUT2D eigenvalue weighted by molar-refractivity contribution is 7.13. The predicted molar refractivity (Wildman–Crippen MR) is 189 cm³/mol. The minimum Gasteiger partial charge on any atom is -0.389 e.